The van der Waals surface area contributed by atoms with Crippen LogP contribution in [0.5, 0.6) is 17.2 Å². The number of rotatable bonds is 7. The lowest BCUT2D eigenvalue weighted by Crippen LogP contribution is -3.13. The Morgan fingerprint density at radius 3 is 2.41 bits per heavy atom. The topological polar surface area (TPSA) is 52.4 Å². The van der Waals surface area contributed by atoms with Crippen LogP contribution in [-0.2, 0) is 11.3 Å². The van der Waals surface area contributed by atoms with Crippen LogP contribution < -0.4 is 19.1 Å². The summed E-state index contributed by atoms with van der Waals surface area (Å²) in [4.78, 5) is 15.7. The molecule has 1 saturated heterocycles. The van der Waals surface area contributed by atoms with Crippen molar-refractivity contribution in [3.8, 4) is 17.2 Å². The molecule has 0 atom stereocenters. The molecule has 1 fully saturated rings. The molecule has 6 heteroatoms. The summed E-state index contributed by atoms with van der Waals surface area (Å²) in [6.07, 6.45) is 0. The molecule has 2 aromatic rings. The third-order valence-electron chi connectivity index (χ3n) is 4.85. The summed E-state index contributed by atoms with van der Waals surface area (Å²) in [5.74, 6) is 2.31. The molecule has 0 unspecified atom stereocenters. The predicted octanol–water partition coefficient (Wildman–Crippen LogP) is 1.01. The van der Waals surface area contributed by atoms with Gasteiger partial charge >= 0.3 is 0 Å². The number of nitrogens with zero attached hydrogens (tertiary/aromatic N) is 1. The molecule has 1 aliphatic heterocycles. The van der Waals surface area contributed by atoms with Gasteiger partial charge in [0.15, 0.2) is 18.1 Å². The van der Waals surface area contributed by atoms with Gasteiger partial charge in [-0.1, -0.05) is 24.3 Å². The zero-order valence-electron chi connectivity index (χ0n) is 15.9. The highest BCUT2D eigenvalue weighted by Gasteiger charge is 2.25. The van der Waals surface area contributed by atoms with E-state index in [2.05, 4.69) is 6.07 Å². The fourth-order valence-electron chi connectivity index (χ4n) is 3.36. The van der Waals surface area contributed by atoms with Crippen LogP contribution in [0.15, 0.2) is 48.5 Å². The molecule has 1 heterocycles. The number of piperazine rings is 1. The van der Waals surface area contributed by atoms with E-state index in [1.807, 2.05) is 47.4 Å². The molecule has 6 nitrogen and oxygen atoms in total. The Bertz CT molecular complexity index is 743. The Kier molecular flexibility index (Phi) is 6.54. The molecular weight excluding hydrogens is 344 g/mol. The largest absolute Gasteiger partial charge is 0.493 e. The van der Waals surface area contributed by atoms with Crippen LogP contribution >= 0.6 is 0 Å². The van der Waals surface area contributed by atoms with Crippen molar-refractivity contribution in [2.45, 2.75) is 6.54 Å². The number of para-hydroxylation sites is 2. The fourth-order valence-corrected chi connectivity index (χ4v) is 3.36. The van der Waals surface area contributed by atoms with Gasteiger partial charge in [0.25, 0.3) is 5.91 Å². The highest BCUT2D eigenvalue weighted by Crippen LogP contribution is 2.30. The minimum atomic E-state index is 0.0388. The van der Waals surface area contributed by atoms with Crippen LogP contribution in [0, 0.1) is 0 Å². The molecular formula is C21H27N2O4+. The van der Waals surface area contributed by atoms with Gasteiger partial charge in [0.1, 0.15) is 12.3 Å². The number of hydrogen-bond acceptors (Lipinski definition) is 4. The van der Waals surface area contributed by atoms with Crippen molar-refractivity contribution in [1.82, 2.24) is 4.90 Å². The molecule has 0 saturated carbocycles. The van der Waals surface area contributed by atoms with E-state index in [4.69, 9.17) is 14.2 Å². The lowest BCUT2D eigenvalue weighted by atomic mass is 10.1. The van der Waals surface area contributed by atoms with Gasteiger partial charge in [0, 0.05) is 0 Å². The van der Waals surface area contributed by atoms with Gasteiger partial charge in [-0.2, -0.15) is 0 Å². The second-order valence-electron chi connectivity index (χ2n) is 6.56. The van der Waals surface area contributed by atoms with Crippen LogP contribution in [0.1, 0.15) is 5.56 Å². The number of hydrogen-bond donors (Lipinski definition) is 1. The molecule has 1 N–H and O–H groups in total. The summed E-state index contributed by atoms with van der Waals surface area (Å²) < 4.78 is 16.5. The van der Waals surface area contributed by atoms with E-state index < -0.39 is 0 Å². The van der Waals surface area contributed by atoms with Crippen molar-refractivity contribution >= 4 is 5.91 Å². The molecule has 1 amide bonds. The number of carbonyl (C=O) groups is 1. The van der Waals surface area contributed by atoms with Crippen LogP contribution in [0.2, 0.25) is 0 Å². The number of methoxy groups -OCH3 is 2. The second-order valence-corrected chi connectivity index (χ2v) is 6.56. The number of quaternary nitrogens is 1. The molecule has 3 rings (SSSR count). The SMILES string of the molecule is COc1cccc(C[NH+]2CCN(C(=O)COc3ccccc3)CC2)c1OC. The average Bonchev–Trinajstić information content (AvgIpc) is 2.73. The first-order valence-electron chi connectivity index (χ1n) is 9.20. The maximum Gasteiger partial charge on any atom is 0.260 e. The van der Waals surface area contributed by atoms with Crippen molar-refractivity contribution in [3.63, 3.8) is 0 Å². The molecule has 2 aromatic carbocycles. The third kappa shape index (κ3) is 4.92. The number of benzene rings is 2. The zero-order valence-corrected chi connectivity index (χ0v) is 15.9. The number of amides is 1. The Morgan fingerprint density at radius 2 is 1.74 bits per heavy atom. The van der Waals surface area contributed by atoms with Crippen molar-refractivity contribution in [1.29, 1.82) is 0 Å². The monoisotopic (exact) mass is 371 g/mol. The van der Waals surface area contributed by atoms with E-state index in [-0.39, 0.29) is 12.5 Å². The van der Waals surface area contributed by atoms with Gasteiger partial charge in [-0.15, -0.1) is 0 Å². The molecule has 0 aliphatic carbocycles. The van der Waals surface area contributed by atoms with Gasteiger partial charge in [-0.3, -0.25) is 4.79 Å². The first-order chi connectivity index (χ1) is 13.2. The Morgan fingerprint density at radius 1 is 1.00 bits per heavy atom. The van der Waals surface area contributed by atoms with Gasteiger partial charge in [0.05, 0.1) is 46.0 Å². The van der Waals surface area contributed by atoms with Gasteiger partial charge in [-0.25, -0.2) is 0 Å². The number of nitrogens with one attached hydrogen (secondary N) is 1. The van der Waals surface area contributed by atoms with Gasteiger partial charge in [-0.05, 0) is 24.3 Å². The summed E-state index contributed by atoms with van der Waals surface area (Å²) in [5.41, 5.74) is 1.12. The molecule has 0 spiro atoms. The fraction of sp³-hybridized carbons (Fsp3) is 0.381. The van der Waals surface area contributed by atoms with E-state index in [0.717, 1.165) is 55.5 Å². The normalized spacial score (nSPS) is 14.7. The Balaban J connectivity index is 1.50. The summed E-state index contributed by atoms with van der Waals surface area (Å²) in [6, 6.07) is 15.4. The maximum absolute atomic E-state index is 12.4. The lowest BCUT2D eigenvalue weighted by molar-refractivity contribution is -0.917. The number of ether oxygens (including phenoxy) is 3. The Hall–Kier alpha value is -2.73. The minimum absolute atomic E-state index is 0.0388. The predicted molar refractivity (Wildman–Crippen MR) is 102 cm³/mol. The van der Waals surface area contributed by atoms with Gasteiger partial charge in [0.2, 0.25) is 0 Å². The summed E-state index contributed by atoms with van der Waals surface area (Å²) in [6.45, 7) is 4.21. The van der Waals surface area contributed by atoms with Crippen molar-refractivity contribution in [2.24, 2.45) is 0 Å². The van der Waals surface area contributed by atoms with Crippen LogP contribution in [-0.4, -0.2) is 57.8 Å². The standard InChI is InChI=1S/C21H26N2O4/c1-25-19-10-6-7-17(21(19)26-2)15-22-11-13-23(14-12-22)20(24)16-27-18-8-4-3-5-9-18/h3-10H,11-16H2,1-2H3/p+1. The smallest absolute Gasteiger partial charge is 0.260 e. The van der Waals surface area contributed by atoms with Crippen LogP contribution in [0.4, 0.5) is 0 Å². The van der Waals surface area contributed by atoms with E-state index in [1.165, 1.54) is 4.90 Å². The molecule has 0 bridgehead atoms. The van der Waals surface area contributed by atoms with E-state index in [1.54, 1.807) is 14.2 Å². The molecule has 0 radical (unpaired) electrons. The van der Waals surface area contributed by atoms with E-state index in [0.29, 0.717) is 0 Å². The molecule has 27 heavy (non-hydrogen) atoms. The molecule has 0 aromatic heterocycles. The summed E-state index contributed by atoms with van der Waals surface area (Å²) in [7, 11) is 3.32. The maximum atomic E-state index is 12.4. The zero-order chi connectivity index (χ0) is 19.1. The summed E-state index contributed by atoms with van der Waals surface area (Å²) in [5, 5.41) is 0. The third-order valence-corrected chi connectivity index (χ3v) is 4.85. The van der Waals surface area contributed by atoms with E-state index in [9.17, 15) is 4.79 Å². The van der Waals surface area contributed by atoms with E-state index >= 15 is 0 Å². The first-order valence-corrected chi connectivity index (χ1v) is 9.20. The van der Waals surface area contributed by atoms with Crippen molar-refractivity contribution in [3.05, 3.63) is 54.1 Å². The molecule has 1 aliphatic rings. The van der Waals surface area contributed by atoms with Crippen LogP contribution in [0.25, 0.3) is 0 Å². The lowest BCUT2D eigenvalue weighted by Gasteiger charge is -2.32. The highest BCUT2D eigenvalue weighted by molar-refractivity contribution is 5.77. The van der Waals surface area contributed by atoms with Crippen molar-refractivity contribution < 1.29 is 23.9 Å². The Labute approximate surface area is 160 Å². The summed E-state index contributed by atoms with van der Waals surface area (Å²) >= 11 is 0. The van der Waals surface area contributed by atoms with Crippen LogP contribution in [0.3, 0.4) is 0 Å². The average molecular weight is 371 g/mol. The first kappa shape index (κ1) is 19.0. The van der Waals surface area contributed by atoms with Gasteiger partial charge < -0.3 is 24.0 Å². The minimum Gasteiger partial charge on any atom is -0.493 e. The molecule has 144 valence electrons. The second kappa shape index (κ2) is 9.28. The quantitative estimate of drug-likeness (QED) is 0.789. The highest BCUT2D eigenvalue weighted by atomic mass is 16.5. The van der Waals surface area contributed by atoms with Crippen molar-refractivity contribution in [2.75, 3.05) is 47.0 Å². The number of carbonyl (C=O) groups excluding carboxylic acids is 1.